The summed E-state index contributed by atoms with van der Waals surface area (Å²) < 4.78 is 5.90. The molecular formula is C16H18ClN3O. The predicted octanol–water partition coefficient (Wildman–Crippen LogP) is 3.37. The maximum absolute atomic E-state index is 6.10. The first-order chi connectivity index (χ1) is 10.2. The lowest BCUT2D eigenvalue weighted by molar-refractivity contribution is 0.164. The van der Waals surface area contributed by atoms with Gasteiger partial charge in [-0.2, -0.15) is 0 Å². The molecule has 0 bridgehead atoms. The van der Waals surface area contributed by atoms with Crippen LogP contribution in [0.25, 0.3) is 0 Å². The molecule has 5 heteroatoms. The van der Waals surface area contributed by atoms with Crippen molar-refractivity contribution in [3.05, 3.63) is 47.6 Å². The molecule has 110 valence electrons. The summed E-state index contributed by atoms with van der Waals surface area (Å²) >= 11 is 6.10. The van der Waals surface area contributed by atoms with Crippen molar-refractivity contribution < 1.29 is 4.74 Å². The molecule has 0 aliphatic carbocycles. The number of rotatable bonds is 3. The molecule has 1 saturated heterocycles. The topological polar surface area (TPSA) is 51.4 Å². The van der Waals surface area contributed by atoms with E-state index in [0.717, 1.165) is 25.9 Å². The molecule has 21 heavy (non-hydrogen) atoms. The van der Waals surface area contributed by atoms with Gasteiger partial charge in [0.25, 0.3) is 0 Å². The Morgan fingerprint density at radius 2 is 1.90 bits per heavy atom. The quantitative estimate of drug-likeness (QED) is 0.944. The van der Waals surface area contributed by atoms with E-state index in [2.05, 4.69) is 34.1 Å². The van der Waals surface area contributed by atoms with E-state index >= 15 is 0 Å². The van der Waals surface area contributed by atoms with E-state index in [9.17, 15) is 0 Å². The normalized spacial score (nSPS) is 16.0. The number of nitrogen functional groups attached to an aromatic ring is 1. The number of anilines is 2. The molecule has 1 fully saturated rings. The zero-order chi connectivity index (χ0) is 14.7. The third-order valence-corrected chi connectivity index (χ3v) is 3.94. The molecule has 0 unspecified atom stereocenters. The van der Waals surface area contributed by atoms with Crippen LogP contribution in [0.15, 0.2) is 42.6 Å². The summed E-state index contributed by atoms with van der Waals surface area (Å²) in [6.07, 6.45) is 3.63. The standard InChI is InChI=1S/C16H18ClN3O/c17-15-10-12(18)11-19-16(15)21-14-6-8-20(9-7-14)13-4-2-1-3-5-13/h1-5,10-11,14H,6-9,18H2. The average Bonchev–Trinajstić information content (AvgIpc) is 2.52. The molecular weight excluding hydrogens is 286 g/mol. The van der Waals surface area contributed by atoms with E-state index < -0.39 is 0 Å². The van der Waals surface area contributed by atoms with Gasteiger partial charge in [0.05, 0.1) is 11.9 Å². The van der Waals surface area contributed by atoms with E-state index in [0.29, 0.717) is 16.6 Å². The van der Waals surface area contributed by atoms with Crippen LogP contribution in [0.5, 0.6) is 5.88 Å². The number of nitrogens with zero attached hydrogens (tertiary/aromatic N) is 2. The Hall–Kier alpha value is -1.94. The fraction of sp³-hybridized carbons (Fsp3) is 0.312. The van der Waals surface area contributed by atoms with Crippen molar-refractivity contribution in [1.29, 1.82) is 0 Å². The van der Waals surface area contributed by atoms with Crippen molar-refractivity contribution in [1.82, 2.24) is 4.98 Å². The largest absolute Gasteiger partial charge is 0.473 e. The molecule has 3 rings (SSSR count). The SMILES string of the molecule is Nc1cnc(OC2CCN(c3ccccc3)CC2)c(Cl)c1. The highest BCUT2D eigenvalue weighted by atomic mass is 35.5. The highest BCUT2D eigenvalue weighted by Crippen LogP contribution is 2.27. The second kappa shape index (κ2) is 6.22. The monoisotopic (exact) mass is 303 g/mol. The molecule has 1 aromatic carbocycles. The number of halogens is 1. The van der Waals surface area contributed by atoms with Gasteiger partial charge in [0, 0.05) is 31.6 Å². The Morgan fingerprint density at radius 1 is 1.19 bits per heavy atom. The van der Waals surface area contributed by atoms with Crippen LogP contribution in [0, 0.1) is 0 Å². The van der Waals surface area contributed by atoms with Crippen LogP contribution < -0.4 is 15.4 Å². The predicted molar refractivity (Wildman–Crippen MR) is 86.0 cm³/mol. The van der Waals surface area contributed by atoms with Gasteiger partial charge in [-0.25, -0.2) is 4.98 Å². The van der Waals surface area contributed by atoms with Gasteiger partial charge in [0.15, 0.2) is 0 Å². The molecule has 0 saturated carbocycles. The van der Waals surface area contributed by atoms with Crippen molar-refractivity contribution in [3.8, 4) is 5.88 Å². The molecule has 2 aromatic rings. The lowest BCUT2D eigenvalue weighted by Crippen LogP contribution is -2.38. The zero-order valence-corrected chi connectivity index (χ0v) is 12.5. The number of piperidine rings is 1. The van der Waals surface area contributed by atoms with Crippen molar-refractivity contribution in [2.45, 2.75) is 18.9 Å². The van der Waals surface area contributed by atoms with E-state index in [1.54, 1.807) is 12.3 Å². The lowest BCUT2D eigenvalue weighted by atomic mass is 10.1. The van der Waals surface area contributed by atoms with Gasteiger partial charge in [-0.05, 0) is 18.2 Å². The Bertz CT molecular complexity index is 598. The fourth-order valence-electron chi connectivity index (χ4n) is 2.56. The summed E-state index contributed by atoms with van der Waals surface area (Å²) in [6, 6.07) is 12.1. The molecule has 1 aliphatic heterocycles. The van der Waals surface area contributed by atoms with Gasteiger partial charge in [0.2, 0.25) is 5.88 Å². The summed E-state index contributed by atoms with van der Waals surface area (Å²) in [4.78, 5) is 6.53. The van der Waals surface area contributed by atoms with Crippen LogP contribution in [0.2, 0.25) is 5.02 Å². The maximum atomic E-state index is 6.10. The molecule has 0 spiro atoms. The molecule has 0 atom stereocenters. The summed E-state index contributed by atoms with van der Waals surface area (Å²) in [5.41, 5.74) is 7.45. The number of para-hydroxylation sites is 1. The molecule has 0 radical (unpaired) electrons. The molecule has 1 aromatic heterocycles. The first kappa shape index (κ1) is 14.0. The van der Waals surface area contributed by atoms with Crippen LogP contribution in [0.4, 0.5) is 11.4 Å². The maximum Gasteiger partial charge on any atom is 0.232 e. The summed E-state index contributed by atoms with van der Waals surface area (Å²) in [6.45, 7) is 1.95. The molecule has 4 nitrogen and oxygen atoms in total. The minimum atomic E-state index is 0.151. The third-order valence-electron chi connectivity index (χ3n) is 3.67. The first-order valence-corrected chi connectivity index (χ1v) is 7.48. The highest BCUT2D eigenvalue weighted by Gasteiger charge is 2.21. The van der Waals surface area contributed by atoms with Crippen LogP contribution in [-0.4, -0.2) is 24.2 Å². The number of hydrogen-bond acceptors (Lipinski definition) is 4. The van der Waals surface area contributed by atoms with Crippen molar-refractivity contribution >= 4 is 23.0 Å². The fourth-order valence-corrected chi connectivity index (χ4v) is 2.77. The Balaban J connectivity index is 1.59. The van der Waals surface area contributed by atoms with Gasteiger partial charge < -0.3 is 15.4 Å². The summed E-state index contributed by atoms with van der Waals surface area (Å²) in [5, 5.41) is 0.473. The van der Waals surface area contributed by atoms with Gasteiger partial charge in [-0.15, -0.1) is 0 Å². The minimum Gasteiger partial charge on any atom is -0.473 e. The smallest absolute Gasteiger partial charge is 0.232 e. The van der Waals surface area contributed by atoms with E-state index in [-0.39, 0.29) is 6.10 Å². The Kier molecular flexibility index (Phi) is 4.15. The van der Waals surface area contributed by atoms with Gasteiger partial charge >= 0.3 is 0 Å². The van der Waals surface area contributed by atoms with E-state index in [4.69, 9.17) is 22.1 Å². The second-order valence-corrected chi connectivity index (χ2v) is 5.60. The van der Waals surface area contributed by atoms with Gasteiger partial charge in [-0.1, -0.05) is 29.8 Å². The molecule has 1 aliphatic rings. The Morgan fingerprint density at radius 3 is 2.57 bits per heavy atom. The van der Waals surface area contributed by atoms with Crippen molar-refractivity contribution in [3.63, 3.8) is 0 Å². The Labute approximate surface area is 129 Å². The number of aromatic nitrogens is 1. The lowest BCUT2D eigenvalue weighted by Gasteiger charge is -2.33. The number of hydrogen-bond donors (Lipinski definition) is 1. The summed E-state index contributed by atoms with van der Waals surface area (Å²) in [7, 11) is 0. The van der Waals surface area contributed by atoms with Crippen molar-refractivity contribution in [2.24, 2.45) is 0 Å². The van der Waals surface area contributed by atoms with Crippen LogP contribution in [0.1, 0.15) is 12.8 Å². The van der Waals surface area contributed by atoms with E-state index in [1.807, 2.05) is 6.07 Å². The van der Waals surface area contributed by atoms with Crippen LogP contribution >= 0.6 is 11.6 Å². The number of pyridine rings is 1. The van der Waals surface area contributed by atoms with Gasteiger partial charge in [-0.3, -0.25) is 0 Å². The van der Waals surface area contributed by atoms with Crippen LogP contribution in [0.3, 0.4) is 0 Å². The summed E-state index contributed by atoms with van der Waals surface area (Å²) in [5.74, 6) is 0.476. The molecule has 0 amide bonds. The molecule has 2 heterocycles. The van der Waals surface area contributed by atoms with Crippen molar-refractivity contribution in [2.75, 3.05) is 23.7 Å². The third kappa shape index (κ3) is 3.39. The average molecular weight is 304 g/mol. The number of benzene rings is 1. The molecule has 2 N–H and O–H groups in total. The zero-order valence-electron chi connectivity index (χ0n) is 11.7. The van der Waals surface area contributed by atoms with Crippen LogP contribution in [-0.2, 0) is 0 Å². The van der Waals surface area contributed by atoms with Gasteiger partial charge in [0.1, 0.15) is 11.1 Å². The first-order valence-electron chi connectivity index (χ1n) is 7.10. The highest BCUT2D eigenvalue weighted by molar-refractivity contribution is 6.32. The number of ether oxygens (including phenoxy) is 1. The minimum absolute atomic E-state index is 0.151. The van der Waals surface area contributed by atoms with E-state index in [1.165, 1.54) is 5.69 Å². The number of nitrogens with two attached hydrogens (primary N) is 1. The second-order valence-electron chi connectivity index (χ2n) is 5.20.